The summed E-state index contributed by atoms with van der Waals surface area (Å²) in [5, 5.41) is 33.3. The van der Waals surface area contributed by atoms with Crippen LogP contribution in [0, 0.1) is 6.92 Å². The number of hydrogen-bond donors (Lipinski definition) is 1. The number of aromatic amines is 1. The summed E-state index contributed by atoms with van der Waals surface area (Å²) in [6.07, 6.45) is 0. The third-order valence-electron chi connectivity index (χ3n) is 8.01. The van der Waals surface area contributed by atoms with Crippen LogP contribution in [0.4, 0.5) is 0 Å². The number of H-pyrrole nitrogens is 1. The van der Waals surface area contributed by atoms with Crippen LogP contribution in [0.3, 0.4) is 0 Å². The average molecular weight is 863 g/mol. The Balaban J connectivity index is -0.000000321. The number of hydrogen-bond acceptors (Lipinski definition) is 13. The van der Waals surface area contributed by atoms with E-state index in [1.54, 1.807) is 11.3 Å². The summed E-state index contributed by atoms with van der Waals surface area (Å²) in [6.45, 7) is 43.9. The molecule has 0 aliphatic heterocycles. The summed E-state index contributed by atoms with van der Waals surface area (Å²) >= 11 is 1.73. The molecular formula is C46H90N10O3S. The first-order valence-electron chi connectivity index (χ1n) is 20.4. The van der Waals surface area contributed by atoms with E-state index in [1.165, 1.54) is 5.56 Å². The minimum Gasteiger partial charge on any atom is -0.425 e. The van der Waals surface area contributed by atoms with Gasteiger partial charge in [0.2, 0.25) is 17.7 Å². The van der Waals surface area contributed by atoms with Gasteiger partial charge in [-0.05, 0) is 12.8 Å². The van der Waals surface area contributed by atoms with Crippen molar-refractivity contribution < 1.29 is 13.5 Å². The van der Waals surface area contributed by atoms with Crippen molar-refractivity contribution >= 4 is 11.3 Å². The van der Waals surface area contributed by atoms with Crippen LogP contribution in [-0.4, -0.2) is 50.9 Å². The minimum absolute atomic E-state index is 0. The van der Waals surface area contributed by atoms with Gasteiger partial charge in [0.1, 0.15) is 21.6 Å². The quantitative estimate of drug-likeness (QED) is 0.141. The fraction of sp³-hybridized carbons (Fsp3) is 0.761. The highest BCUT2D eigenvalue weighted by Gasteiger charge is 2.17. The molecule has 0 aliphatic carbocycles. The first-order valence-corrected chi connectivity index (χ1v) is 21.2. The van der Waals surface area contributed by atoms with Gasteiger partial charge in [-0.1, -0.05) is 178 Å². The molecule has 5 rings (SSSR count). The second kappa shape index (κ2) is 30.3. The van der Waals surface area contributed by atoms with Gasteiger partial charge in [0.25, 0.3) is 0 Å². The molecule has 1 N–H and O–H groups in total. The van der Waals surface area contributed by atoms with Gasteiger partial charge >= 0.3 is 0 Å². The molecule has 0 aromatic carbocycles. The van der Waals surface area contributed by atoms with E-state index in [-0.39, 0.29) is 29.7 Å². The van der Waals surface area contributed by atoms with Gasteiger partial charge in [-0.2, -0.15) is 10.1 Å². The average Bonchev–Trinajstić information content (AvgIpc) is 3.94. The van der Waals surface area contributed by atoms with Crippen molar-refractivity contribution in [3.8, 4) is 0 Å². The van der Waals surface area contributed by atoms with Gasteiger partial charge in [-0.3, -0.25) is 5.10 Å². The van der Waals surface area contributed by atoms with E-state index in [1.807, 2.05) is 41.5 Å². The molecule has 14 heteroatoms. The largest absolute Gasteiger partial charge is 0.425 e. The van der Waals surface area contributed by atoms with Crippen molar-refractivity contribution in [3.63, 3.8) is 0 Å². The lowest BCUT2D eigenvalue weighted by atomic mass is 10.0. The van der Waals surface area contributed by atoms with Gasteiger partial charge in [-0.15, -0.1) is 31.7 Å². The molecular weight excluding hydrogens is 773 g/mol. The van der Waals surface area contributed by atoms with Crippen molar-refractivity contribution in [2.24, 2.45) is 0 Å². The molecule has 0 aliphatic rings. The Hall–Kier alpha value is -3.81. The summed E-state index contributed by atoms with van der Waals surface area (Å²) in [5.74, 6) is 10.0. The number of rotatable bonds is 10. The molecule has 0 fully saturated rings. The van der Waals surface area contributed by atoms with E-state index in [4.69, 9.17) is 13.5 Å². The monoisotopic (exact) mass is 863 g/mol. The van der Waals surface area contributed by atoms with Crippen molar-refractivity contribution in [2.45, 2.75) is 234 Å². The van der Waals surface area contributed by atoms with Crippen LogP contribution >= 0.6 is 11.3 Å². The normalized spacial score (nSPS) is 10.7. The lowest BCUT2D eigenvalue weighted by molar-refractivity contribution is 0.359. The second-order valence-electron chi connectivity index (χ2n) is 17.1. The zero-order valence-electron chi connectivity index (χ0n) is 38.4. The predicted octanol–water partition coefficient (Wildman–Crippen LogP) is 15.2. The molecule has 60 heavy (non-hydrogen) atoms. The second-order valence-corrected chi connectivity index (χ2v) is 18.2. The van der Waals surface area contributed by atoms with Gasteiger partial charge < -0.3 is 13.5 Å². The van der Waals surface area contributed by atoms with E-state index in [0.29, 0.717) is 59.2 Å². The molecule has 0 unspecified atom stereocenters. The fourth-order valence-electron chi connectivity index (χ4n) is 4.39. The molecule has 348 valence electrons. The Bertz CT molecular complexity index is 1460. The molecule has 0 saturated carbocycles. The highest BCUT2D eigenvalue weighted by atomic mass is 32.1. The summed E-state index contributed by atoms with van der Waals surface area (Å²) in [7, 11) is 0. The smallest absolute Gasteiger partial charge is 0.229 e. The van der Waals surface area contributed by atoms with E-state index >= 15 is 0 Å². The van der Waals surface area contributed by atoms with Crippen LogP contribution in [0.15, 0.2) is 13.5 Å². The van der Waals surface area contributed by atoms with Crippen LogP contribution in [0.1, 0.15) is 290 Å². The van der Waals surface area contributed by atoms with Gasteiger partial charge in [0, 0.05) is 58.8 Å². The molecule has 13 nitrogen and oxygen atoms in total. The highest BCUT2D eigenvalue weighted by molar-refractivity contribution is 7.11. The molecule has 0 radical (unpaired) electrons. The van der Waals surface area contributed by atoms with Crippen molar-refractivity contribution in [2.75, 3.05) is 0 Å². The third-order valence-corrected chi connectivity index (χ3v) is 9.53. The van der Waals surface area contributed by atoms with Gasteiger partial charge in [-0.25, -0.2) is 4.98 Å². The Kier molecular flexibility index (Phi) is 31.7. The predicted molar refractivity (Wildman–Crippen MR) is 254 cm³/mol. The van der Waals surface area contributed by atoms with E-state index in [0.717, 1.165) is 56.6 Å². The van der Waals surface area contributed by atoms with Gasteiger partial charge in [0.15, 0.2) is 11.6 Å². The zero-order chi connectivity index (χ0) is 43.0. The maximum absolute atomic E-state index is 5.38. The van der Waals surface area contributed by atoms with E-state index in [9.17, 15) is 0 Å². The topological polar surface area (TPSA) is 171 Å². The van der Waals surface area contributed by atoms with Crippen molar-refractivity contribution in [3.05, 3.63) is 62.2 Å². The van der Waals surface area contributed by atoms with E-state index < -0.39 is 0 Å². The molecule has 5 heterocycles. The fourth-order valence-corrected chi connectivity index (χ4v) is 5.23. The van der Waals surface area contributed by atoms with Crippen LogP contribution in [-0.2, 0) is 0 Å². The summed E-state index contributed by atoms with van der Waals surface area (Å²) in [6, 6.07) is 0. The molecule has 0 bridgehead atoms. The Morgan fingerprint density at radius 1 is 0.433 bits per heavy atom. The van der Waals surface area contributed by atoms with E-state index in [2.05, 4.69) is 155 Å². The Morgan fingerprint density at radius 3 is 1.10 bits per heavy atom. The Labute approximate surface area is 370 Å². The van der Waals surface area contributed by atoms with Crippen molar-refractivity contribution in [1.29, 1.82) is 0 Å². The number of nitrogens with one attached hydrogen (secondary N) is 1. The lowest BCUT2D eigenvalue weighted by Gasteiger charge is -2.01. The van der Waals surface area contributed by atoms with Crippen molar-refractivity contribution in [1.82, 2.24) is 50.9 Å². The zero-order valence-corrected chi connectivity index (χ0v) is 39.2. The van der Waals surface area contributed by atoms with Crippen LogP contribution in [0.25, 0.3) is 0 Å². The van der Waals surface area contributed by atoms with Crippen LogP contribution in [0.2, 0.25) is 0 Å². The summed E-state index contributed by atoms with van der Waals surface area (Å²) < 4.78 is 15.7. The first kappa shape index (κ1) is 62.8. The summed E-state index contributed by atoms with van der Waals surface area (Å²) in [4.78, 5) is 8.57. The highest BCUT2D eigenvalue weighted by Crippen LogP contribution is 2.26. The molecule has 0 atom stereocenters. The number of aromatic nitrogens is 10. The minimum atomic E-state index is 0. The summed E-state index contributed by atoms with van der Waals surface area (Å²) in [5.41, 5.74) is 2.32. The Morgan fingerprint density at radius 2 is 0.883 bits per heavy atom. The molecule has 5 aromatic rings. The SMILES string of the molecule is C.C.C.C.CC(C)c1n[nH]c(C(C)C)n1.CC(C)c1nnc(C(C)C)o1.CC(C)c1nnc(C(C)C)s1.CC(C)c1noc(C(C)C)n1.Cc1c(C(C)C)noc1C(C)C. The molecule has 0 spiro atoms. The number of nitrogens with zero attached hydrogens (tertiary/aromatic N) is 9. The third kappa shape index (κ3) is 21.1. The van der Waals surface area contributed by atoms with Gasteiger partial charge in [0.05, 0.1) is 5.69 Å². The van der Waals surface area contributed by atoms with Crippen LogP contribution in [0.5, 0.6) is 0 Å². The molecule has 5 aromatic heterocycles. The van der Waals surface area contributed by atoms with Crippen LogP contribution < -0.4 is 0 Å². The standard InChI is InChI=1S/C10H17NO.C8H15N3.2C8H14N2O.C8H14N2S.4CH4/c1-6(2)9-8(5)10(7(3)4)12-11-9;1-5(2)7-9-8(6(3)4)11-10-7;1-5(2)7-9-10-8(11-7)6(3)4;1-5(2)7-9-8(6(3)4)11-10-7;1-5(2)7-9-10-8(11-7)6(3)4;;;;/h6-7H,1-5H3;5-6H,1-4H3,(H,9,10,11);3*5-6H,1-4H3;4*1H4. The maximum Gasteiger partial charge on any atom is 0.229 e. The maximum atomic E-state index is 5.38. The molecule has 0 amide bonds. The first-order chi connectivity index (χ1) is 26.0. The molecule has 0 saturated heterocycles. The lowest BCUT2D eigenvalue weighted by Crippen LogP contribution is -1.92.